The lowest BCUT2D eigenvalue weighted by Gasteiger charge is -2.38. The van der Waals surface area contributed by atoms with Gasteiger partial charge in [0.25, 0.3) is 0 Å². The predicted molar refractivity (Wildman–Crippen MR) is 81.5 cm³/mol. The van der Waals surface area contributed by atoms with E-state index in [9.17, 15) is 8.42 Å². The lowest BCUT2D eigenvalue weighted by molar-refractivity contribution is 0.135. The zero-order valence-electron chi connectivity index (χ0n) is 12.3. The van der Waals surface area contributed by atoms with E-state index < -0.39 is 10.0 Å². The number of benzene rings is 1. The number of piperazine rings is 1. The molecule has 0 amide bonds. The molecule has 1 aliphatic rings. The molecule has 0 radical (unpaired) electrons. The van der Waals surface area contributed by atoms with Crippen molar-refractivity contribution in [3.05, 3.63) is 24.3 Å². The van der Waals surface area contributed by atoms with Crippen LogP contribution in [0, 0.1) is 0 Å². The summed E-state index contributed by atoms with van der Waals surface area (Å²) in [5, 5.41) is 2.99. The average Bonchev–Trinajstić information content (AvgIpc) is 2.47. The molecule has 0 aromatic heterocycles. The second-order valence-corrected chi connectivity index (χ2v) is 7.05. The maximum atomic E-state index is 12.6. The zero-order valence-corrected chi connectivity index (χ0v) is 13.2. The van der Waals surface area contributed by atoms with Gasteiger partial charge in [-0.2, -0.15) is 4.31 Å². The lowest BCUT2D eigenvalue weighted by atomic mass is 10.2. The molecule has 0 spiro atoms. The van der Waals surface area contributed by atoms with Crippen LogP contribution in [0.4, 0.5) is 5.69 Å². The van der Waals surface area contributed by atoms with Crippen LogP contribution in [0.3, 0.4) is 0 Å². The van der Waals surface area contributed by atoms with Gasteiger partial charge >= 0.3 is 0 Å². The minimum Gasteiger partial charge on any atom is -0.388 e. The van der Waals surface area contributed by atoms with E-state index in [1.165, 1.54) is 0 Å². The number of likely N-dealkylation sites (N-methyl/N-ethyl adjacent to an activating group) is 1. The summed E-state index contributed by atoms with van der Waals surface area (Å²) in [5.41, 5.74) is 0.910. The van der Waals surface area contributed by atoms with Crippen LogP contribution in [0.2, 0.25) is 0 Å². The van der Waals surface area contributed by atoms with Gasteiger partial charge in [-0.25, -0.2) is 8.42 Å². The van der Waals surface area contributed by atoms with Gasteiger partial charge < -0.3 is 5.32 Å². The third kappa shape index (κ3) is 2.97. The third-order valence-electron chi connectivity index (χ3n) is 3.91. The lowest BCUT2D eigenvalue weighted by Crippen LogP contribution is -2.53. The molecule has 0 saturated carbocycles. The minimum absolute atomic E-state index is 0.264. The van der Waals surface area contributed by atoms with E-state index in [2.05, 4.69) is 24.1 Å². The number of anilines is 1. The van der Waals surface area contributed by atoms with E-state index in [0.717, 1.165) is 18.8 Å². The first-order valence-corrected chi connectivity index (χ1v) is 8.45. The Morgan fingerprint density at radius 1 is 1.25 bits per heavy atom. The Hall–Kier alpha value is -1.11. The van der Waals surface area contributed by atoms with Crippen LogP contribution in [0.5, 0.6) is 0 Å². The van der Waals surface area contributed by atoms with Crippen molar-refractivity contribution in [2.75, 3.05) is 38.5 Å². The Morgan fingerprint density at radius 3 is 2.40 bits per heavy atom. The van der Waals surface area contributed by atoms with Crippen molar-refractivity contribution in [3.63, 3.8) is 0 Å². The van der Waals surface area contributed by atoms with Crippen LogP contribution >= 0.6 is 0 Å². The number of rotatable bonds is 4. The Balaban J connectivity index is 2.18. The second kappa shape index (κ2) is 6.11. The summed E-state index contributed by atoms with van der Waals surface area (Å²) in [6.07, 6.45) is 0. The number of nitrogens with zero attached hydrogens (tertiary/aromatic N) is 2. The Labute approximate surface area is 121 Å². The number of hydrogen-bond acceptors (Lipinski definition) is 4. The van der Waals surface area contributed by atoms with Crippen molar-refractivity contribution in [3.8, 4) is 0 Å². The summed E-state index contributed by atoms with van der Waals surface area (Å²) in [5.74, 6) is 0. The minimum atomic E-state index is -3.37. The first kappa shape index (κ1) is 15.3. The molecule has 0 bridgehead atoms. The van der Waals surface area contributed by atoms with Crippen molar-refractivity contribution < 1.29 is 8.42 Å². The third-order valence-corrected chi connectivity index (χ3v) is 5.79. The second-order valence-electron chi connectivity index (χ2n) is 5.12. The van der Waals surface area contributed by atoms with Crippen molar-refractivity contribution in [2.45, 2.75) is 24.8 Å². The summed E-state index contributed by atoms with van der Waals surface area (Å²) in [7, 11) is -1.56. The first-order valence-electron chi connectivity index (χ1n) is 7.01. The van der Waals surface area contributed by atoms with Crippen LogP contribution in [0.25, 0.3) is 0 Å². The molecule has 112 valence electrons. The molecule has 1 heterocycles. The molecule has 1 fully saturated rings. The predicted octanol–water partition coefficient (Wildman–Crippen LogP) is 1.44. The van der Waals surface area contributed by atoms with E-state index in [1.54, 1.807) is 28.6 Å². The number of hydrogen-bond donors (Lipinski definition) is 1. The van der Waals surface area contributed by atoms with Crippen molar-refractivity contribution in [1.82, 2.24) is 9.21 Å². The molecule has 1 atom stereocenters. The molecule has 20 heavy (non-hydrogen) atoms. The van der Waals surface area contributed by atoms with Gasteiger partial charge in [0.05, 0.1) is 4.90 Å². The fourth-order valence-corrected chi connectivity index (χ4v) is 4.10. The summed E-state index contributed by atoms with van der Waals surface area (Å²) in [6, 6.07) is 7.17. The topological polar surface area (TPSA) is 52.7 Å². The van der Waals surface area contributed by atoms with Crippen molar-refractivity contribution in [2.24, 2.45) is 0 Å². The maximum Gasteiger partial charge on any atom is 0.243 e. The van der Waals surface area contributed by atoms with E-state index in [1.807, 2.05) is 7.05 Å². The summed E-state index contributed by atoms with van der Waals surface area (Å²) < 4.78 is 26.8. The fourth-order valence-electron chi connectivity index (χ4n) is 2.59. The van der Waals surface area contributed by atoms with Crippen molar-refractivity contribution in [1.29, 1.82) is 0 Å². The van der Waals surface area contributed by atoms with E-state index >= 15 is 0 Å². The Bertz CT molecular complexity index is 542. The van der Waals surface area contributed by atoms with Gasteiger partial charge in [0.2, 0.25) is 10.0 Å². The highest BCUT2D eigenvalue weighted by molar-refractivity contribution is 7.89. The molecule has 1 aromatic carbocycles. The van der Waals surface area contributed by atoms with Gasteiger partial charge in [-0.15, -0.1) is 0 Å². The quantitative estimate of drug-likeness (QED) is 0.914. The highest BCUT2D eigenvalue weighted by Gasteiger charge is 2.31. The smallest absolute Gasteiger partial charge is 0.243 e. The number of nitrogens with one attached hydrogen (secondary N) is 1. The molecule has 0 aliphatic carbocycles. The van der Waals surface area contributed by atoms with E-state index in [-0.39, 0.29) is 6.04 Å². The standard InChI is InChI=1S/C14H23N3O2S/c1-4-16-9-10-17(11-12(16)2)20(18,19)14-7-5-13(15-3)6-8-14/h5-8,12,15H,4,9-11H2,1-3H3. The monoisotopic (exact) mass is 297 g/mol. The van der Waals surface area contributed by atoms with Crippen molar-refractivity contribution >= 4 is 15.7 Å². The van der Waals surface area contributed by atoms with Crippen LogP contribution < -0.4 is 5.32 Å². The van der Waals surface area contributed by atoms with Gasteiger partial charge in [0.1, 0.15) is 0 Å². The molecule has 1 aliphatic heterocycles. The SMILES string of the molecule is CCN1CCN(S(=O)(=O)c2ccc(NC)cc2)CC1C. The molecule has 2 rings (SSSR count). The average molecular weight is 297 g/mol. The molecule has 1 unspecified atom stereocenters. The highest BCUT2D eigenvalue weighted by Crippen LogP contribution is 2.21. The van der Waals surface area contributed by atoms with Gasteiger partial charge in [-0.05, 0) is 37.7 Å². The molecule has 1 N–H and O–H groups in total. The van der Waals surface area contributed by atoms with E-state index in [4.69, 9.17) is 0 Å². The van der Waals surface area contributed by atoms with Crippen LogP contribution in [0.1, 0.15) is 13.8 Å². The maximum absolute atomic E-state index is 12.6. The van der Waals surface area contributed by atoms with Crippen LogP contribution in [0.15, 0.2) is 29.2 Å². The fraction of sp³-hybridized carbons (Fsp3) is 0.571. The first-order chi connectivity index (χ1) is 9.48. The molecular weight excluding hydrogens is 274 g/mol. The normalized spacial score (nSPS) is 21.9. The largest absolute Gasteiger partial charge is 0.388 e. The molecule has 1 aromatic rings. The molecule has 1 saturated heterocycles. The van der Waals surface area contributed by atoms with E-state index in [0.29, 0.717) is 18.0 Å². The van der Waals surface area contributed by atoms with Gasteiger partial charge in [0.15, 0.2) is 0 Å². The summed E-state index contributed by atoms with van der Waals surface area (Å²) in [4.78, 5) is 2.67. The molecular formula is C14H23N3O2S. The van der Waals surface area contributed by atoms with Gasteiger partial charge in [0, 0.05) is 38.4 Å². The van der Waals surface area contributed by atoms with Gasteiger partial charge in [-0.3, -0.25) is 4.90 Å². The Kier molecular flexibility index (Phi) is 4.67. The van der Waals surface area contributed by atoms with Crippen LogP contribution in [-0.4, -0.2) is 56.9 Å². The zero-order chi connectivity index (χ0) is 14.8. The highest BCUT2D eigenvalue weighted by atomic mass is 32.2. The van der Waals surface area contributed by atoms with Gasteiger partial charge in [-0.1, -0.05) is 6.92 Å². The number of sulfonamides is 1. The molecule has 5 nitrogen and oxygen atoms in total. The molecule has 6 heteroatoms. The summed E-state index contributed by atoms with van der Waals surface area (Å²) >= 11 is 0. The summed E-state index contributed by atoms with van der Waals surface area (Å²) in [6.45, 7) is 7.07. The Morgan fingerprint density at radius 2 is 1.90 bits per heavy atom. The van der Waals surface area contributed by atoms with Crippen LogP contribution in [-0.2, 0) is 10.0 Å².